The Bertz CT molecular complexity index is 1530. The van der Waals surface area contributed by atoms with Gasteiger partial charge in [-0.3, -0.25) is 4.79 Å². The van der Waals surface area contributed by atoms with Crippen LogP contribution in [0.1, 0.15) is 15.9 Å². The lowest BCUT2D eigenvalue weighted by Crippen LogP contribution is -2.17. The van der Waals surface area contributed by atoms with E-state index in [4.69, 9.17) is 28.2 Å². The number of carbonyl (C=O) groups is 1. The molecule has 0 fully saturated rings. The minimum Gasteiger partial charge on any atom is -0.340 e. The first-order valence-electron chi connectivity index (χ1n) is 11.7. The van der Waals surface area contributed by atoms with Gasteiger partial charge in [-0.1, -0.05) is 83.4 Å². The smallest absolute Gasteiger partial charge is 0.260 e. The molecule has 0 unspecified atom stereocenters. The molecule has 0 spiro atoms. The minimum atomic E-state index is -0.280. The van der Waals surface area contributed by atoms with E-state index in [1.807, 2.05) is 104 Å². The Hall–Kier alpha value is -4.12. The van der Waals surface area contributed by atoms with E-state index in [2.05, 4.69) is 10.6 Å². The molecule has 0 aliphatic carbocycles. The Kier molecular flexibility index (Phi) is 7.22. The zero-order valence-electron chi connectivity index (χ0n) is 20.0. The number of rotatable bonds is 6. The fourth-order valence-corrected chi connectivity index (χ4v) is 4.23. The molecule has 0 aliphatic heterocycles. The number of hydrogen-bond acceptors (Lipinski definition) is 3. The van der Waals surface area contributed by atoms with Crippen LogP contribution in [0.3, 0.4) is 0 Å². The monoisotopic (exact) mass is 523 g/mol. The zero-order valence-corrected chi connectivity index (χ0v) is 21.5. The zero-order chi connectivity index (χ0) is 25.8. The lowest BCUT2D eigenvalue weighted by atomic mass is 9.97. The van der Waals surface area contributed by atoms with Gasteiger partial charge in [-0.2, -0.15) is 0 Å². The predicted molar refractivity (Wildman–Crippen MR) is 154 cm³/mol. The molecule has 4 aromatic carbocycles. The topological polar surface area (TPSA) is 54.0 Å². The third kappa shape index (κ3) is 5.83. The lowest BCUT2D eigenvalue weighted by Gasteiger charge is -2.18. The second kappa shape index (κ2) is 10.9. The summed E-state index contributed by atoms with van der Waals surface area (Å²) in [4.78, 5) is 18.7. The maximum Gasteiger partial charge on any atom is 0.260 e. The van der Waals surface area contributed by atoms with Crippen LogP contribution >= 0.6 is 23.2 Å². The fourth-order valence-electron chi connectivity index (χ4n) is 3.98. The van der Waals surface area contributed by atoms with Crippen molar-refractivity contribution < 1.29 is 4.79 Å². The number of halogens is 2. The van der Waals surface area contributed by atoms with E-state index < -0.39 is 0 Å². The molecule has 0 atom stereocenters. The average molecular weight is 524 g/mol. The molecule has 0 bridgehead atoms. The molecule has 0 saturated carbocycles. The van der Waals surface area contributed by atoms with Crippen LogP contribution in [-0.4, -0.2) is 10.9 Å². The van der Waals surface area contributed by atoms with Gasteiger partial charge in [-0.05, 0) is 67.1 Å². The highest BCUT2D eigenvalue weighted by atomic mass is 35.5. The van der Waals surface area contributed by atoms with Crippen molar-refractivity contribution in [2.75, 3.05) is 10.6 Å². The summed E-state index contributed by atoms with van der Waals surface area (Å²) in [5, 5.41) is 7.62. The van der Waals surface area contributed by atoms with Crippen molar-refractivity contribution in [3.63, 3.8) is 0 Å². The molecule has 0 radical (unpaired) electrons. The van der Waals surface area contributed by atoms with E-state index in [1.54, 1.807) is 12.1 Å². The predicted octanol–water partition coefficient (Wildman–Crippen LogP) is 9.03. The van der Waals surface area contributed by atoms with Gasteiger partial charge in [0.05, 0.1) is 11.3 Å². The van der Waals surface area contributed by atoms with Crippen LogP contribution in [0.4, 0.5) is 17.2 Å². The van der Waals surface area contributed by atoms with E-state index in [-0.39, 0.29) is 5.91 Å². The van der Waals surface area contributed by atoms with Crippen LogP contribution in [-0.2, 0) is 0 Å². The van der Waals surface area contributed by atoms with Gasteiger partial charge < -0.3 is 10.6 Å². The molecule has 1 heterocycles. The van der Waals surface area contributed by atoms with Crippen molar-refractivity contribution in [3.05, 3.63) is 130 Å². The molecule has 5 rings (SSSR count). The van der Waals surface area contributed by atoms with Gasteiger partial charge in [0, 0.05) is 32.5 Å². The van der Waals surface area contributed by atoms with E-state index in [9.17, 15) is 4.79 Å². The maximum absolute atomic E-state index is 13.8. The van der Waals surface area contributed by atoms with Gasteiger partial charge in [0.1, 0.15) is 5.82 Å². The Morgan fingerprint density at radius 3 is 1.95 bits per heavy atom. The number of anilines is 3. The number of aryl methyl sites for hydroxylation is 1. The van der Waals surface area contributed by atoms with Crippen LogP contribution in [0, 0.1) is 6.92 Å². The first kappa shape index (κ1) is 24.6. The molecule has 0 saturated heterocycles. The van der Waals surface area contributed by atoms with Crippen LogP contribution in [0.15, 0.2) is 109 Å². The minimum absolute atomic E-state index is 0.280. The summed E-state index contributed by atoms with van der Waals surface area (Å²) in [5.41, 5.74) is 6.21. The van der Waals surface area contributed by atoms with Crippen LogP contribution in [0.5, 0.6) is 0 Å². The molecule has 1 aromatic heterocycles. The number of carbonyl (C=O) groups excluding carboxylic acids is 1. The first-order valence-corrected chi connectivity index (χ1v) is 12.5. The Labute approximate surface area is 225 Å². The van der Waals surface area contributed by atoms with Crippen molar-refractivity contribution in [3.8, 4) is 22.4 Å². The van der Waals surface area contributed by atoms with E-state index in [0.717, 1.165) is 33.6 Å². The molecule has 6 heteroatoms. The normalized spacial score (nSPS) is 10.7. The third-order valence-electron chi connectivity index (χ3n) is 5.89. The van der Waals surface area contributed by atoms with Crippen molar-refractivity contribution in [2.24, 2.45) is 0 Å². The van der Waals surface area contributed by atoms with Gasteiger partial charge in [0.2, 0.25) is 0 Å². The van der Waals surface area contributed by atoms with Gasteiger partial charge in [0.25, 0.3) is 5.91 Å². The van der Waals surface area contributed by atoms with Crippen molar-refractivity contribution >= 4 is 46.3 Å². The SMILES string of the molecule is Cc1ccc(NC(=O)c2c(-c3ccc(Cl)cc3)cc(-c3ccccc3)nc2Nc2ccc(Cl)cc2)cc1. The van der Waals surface area contributed by atoms with Crippen LogP contribution in [0.2, 0.25) is 10.0 Å². The summed E-state index contributed by atoms with van der Waals surface area (Å²) in [6.45, 7) is 2.00. The summed E-state index contributed by atoms with van der Waals surface area (Å²) in [7, 11) is 0. The molecule has 4 nitrogen and oxygen atoms in total. The third-order valence-corrected chi connectivity index (χ3v) is 6.39. The Morgan fingerprint density at radius 2 is 1.30 bits per heavy atom. The highest BCUT2D eigenvalue weighted by Gasteiger charge is 2.22. The highest BCUT2D eigenvalue weighted by Crippen LogP contribution is 2.35. The second-order valence-electron chi connectivity index (χ2n) is 8.60. The summed E-state index contributed by atoms with van der Waals surface area (Å²) >= 11 is 12.3. The van der Waals surface area contributed by atoms with Gasteiger partial charge in [-0.15, -0.1) is 0 Å². The molecule has 1 amide bonds. The number of nitrogens with zero attached hydrogens (tertiary/aromatic N) is 1. The van der Waals surface area contributed by atoms with Crippen molar-refractivity contribution in [1.29, 1.82) is 0 Å². The highest BCUT2D eigenvalue weighted by molar-refractivity contribution is 6.31. The number of pyridine rings is 1. The summed E-state index contributed by atoms with van der Waals surface area (Å²) < 4.78 is 0. The first-order chi connectivity index (χ1) is 18.0. The molecular formula is C31H23Cl2N3O. The van der Waals surface area contributed by atoms with E-state index in [1.165, 1.54) is 0 Å². The number of amides is 1. The number of nitrogens with one attached hydrogen (secondary N) is 2. The number of aromatic nitrogens is 1. The molecule has 37 heavy (non-hydrogen) atoms. The summed E-state index contributed by atoms with van der Waals surface area (Å²) in [6.07, 6.45) is 0. The van der Waals surface area contributed by atoms with Crippen LogP contribution < -0.4 is 10.6 Å². The molecule has 2 N–H and O–H groups in total. The summed E-state index contributed by atoms with van der Waals surface area (Å²) in [6, 6.07) is 34.2. The molecule has 182 valence electrons. The largest absolute Gasteiger partial charge is 0.340 e. The van der Waals surface area contributed by atoms with E-state index in [0.29, 0.717) is 27.1 Å². The molecular weight excluding hydrogens is 501 g/mol. The number of hydrogen-bond donors (Lipinski definition) is 2. The Balaban J connectivity index is 1.70. The van der Waals surface area contributed by atoms with Crippen molar-refractivity contribution in [1.82, 2.24) is 4.98 Å². The summed E-state index contributed by atoms with van der Waals surface area (Å²) in [5.74, 6) is 0.149. The average Bonchev–Trinajstić information content (AvgIpc) is 2.92. The maximum atomic E-state index is 13.8. The standard InChI is InChI=1S/C31H23Cl2N3O/c1-20-7-15-26(16-8-20)35-31(37)29-27(21-9-11-23(32)12-10-21)19-28(22-5-3-2-4-6-22)36-30(29)34-25-17-13-24(33)14-18-25/h2-19H,1H3,(H,34,36)(H,35,37). The van der Waals surface area contributed by atoms with Gasteiger partial charge >= 0.3 is 0 Å². The fraction of sp³-hybridized carbons (Fsp3) is 0.0323. The molecule has 5 aromatic rings. The molecule has 0 aliphatic rings. The lowest BCUT2D eigenvalue weighted by molar-refractivity contribution is 0.102. The van der Waals surface area contributed by atoms with E-state index >= 15 is 0 Å². The quantitative estimate of drug-likeness (QED) is 0.233. The van der Waals surface area contributed by atoms with Crippen molar-refractivity contribution in [2.45, 2.75) is 6.92 Å². The Morgan fingerprint density at radius 1 is 0.703 bits per heavy atom. The second-order valence-corrected chi connectivity index (χ2v) is 9.48. The van der Waals surface area contributed by atoms with Gasteiger partial charge in [-0.25, -0.2) is 4.98 Å². The number of benzene rings is 4. The van der Waals surface area contributed by atoms with Crippen LogP contribution in [0.25, 0.3) is 22.4 Å². The van der Waals surface area contributed by atoms with Gasteiger partial charge in [0.15, 0.2) is 0 Å².